The van der Waals surface area contributed by atoms with Crippen molar-refractivity contribution in [2.75, 3.05) is 13.6 Å². The normalized spacial score (nSPS) is 13.1. The first-order valence-corrected chi connectivity index (χ1v) is 8.23. The van der Waals surface area contributed by atoms with Crippen molar-refractivity contribution in [3.8, 4) is 0 Å². The van der Waals surface area contributed by atoms with E-state index in [1.54, 1.807) is 0 Å². The van der Waals surface area contributed by atoms with Crippen LogP contribution in [0.2, 0.25) is 0 Å². The molecule has 1 nitrogen and oxygen atoms in total. The Balaban J connectivity index is 2.33. The molecule has 118 valence electrons. The molecule has 2 aromatic rings. The van der Waals surface area contributed by atoms with Crippen LogP contribution in [-0.4, -0.2) is 13.6 Å². The van der Waals surface area contributed by atoms with Crippen LogP contribution in [0.5, 0.6) is 0 Å². The first-order valence-electron chi connectivity index (χ1n) is 8.23. The second-order valence-corrected chi connectivity index (χ2v) is 7.23. The number of nitrogens with one attached hydrogen (secondary N) is 1. The first kappa shape index (κ1) is 16.8. The Bertz CT molecular complexity index is 590. The third-order valence-electron chi connectivity index (χ3n) is 4.31. The Hall–Kier alpha value is -1.60. The van der Waals surface area contributed by atoms with Crippen molar-refractivity contribution in [1.29, 1.82) is 0 Å². The Kier molecular flexibility index (Phi) is 5.42. The number of rotatable bonds is 5. The zero-order chi connectivity index (χ0) is 16.2. The Morgan fingerprint density at radius 2 is 1.64 bits per heavy atom. The van der Waals surface area contributed by atoms with Crippen LogP contribution in [0.25, 0.3) is 0 Å². The molecule has 0 aromatic heterocycles. The van der Waals surface area contributed by atoms with Gasteiger partial charge in [-0.2, -0.15) is 0 Å². The summed E-state index contributed by atoms with van der Waals surface area (Å²) in [5.41, 5.74) is 5.77. The van der Waals surface area contributed by atoms with E-state index in [2.05, 4.69) is 81.5 Å². The smallest absolute Gasteiger partial charge is 0.0101 e. The van der Waals surface area contributed by atoms with Gasteiger partial charge in [0.25, 0.3) is 0 Å². The van der Waals surface area contributed by atoms with Gasteiger partial charge in [-0.3, -0.25) is 0 Å². The van der Waals surface area contributed by atoms with E-state index in [-0.39, 0.29) is 5.41 Å². The highest BCUT2D eigenvalue weighted by molar-refractivity contribution is 5.37. The molecule has 0 aliphatic heterocycles. The second kappa shape index (κ2) is 7.11. The number of benzene rings is 2. The van der Waals surface area contributed by atoms with Gasteiger partial charge in [0.15, 0.2) is 0 Å². The van der Waals surface area contributed by atoms with Crippen LogP contribution in [0, 0.1) is 6.92 Å². The average molecular weight is 295 g/mol. The third-order valence-corrected chi connectivity index (χ3v) is 4.31. The van der Waals surface area contributed by atoms with Gasteiger partial charge in [-0.25, -0.2) is 0 Å². The molecule has 0 heterocycles. The molecular formula is C21H29N. The van der Waals surface area contributed by atoms with Crippen molar-refractivity contribution < 1.29 is 0 Å². The summed E-state index contributed by atoms with van der Waals surface area (Å²) in [4.78, 5) is 0. The minimum Gasteiger partial charge on any atom is -0.320 e. The van der Waals surface area contributed by atoms with Crippen LogP contribution >= 0.6 is 0 Å². The molecule has 0 radical (unpaired) electrons. The van der Waals surface area contributed by atoms with E-state index < -0.39 is 0 Å². The van der Waals surface area contributed by atoms with Gasteiger partial charge in [0.2, 0.25) is 0 Å². The molecule has 1 unspecified atom stereocenters. The lowest BCUT2D eigenvalue weighted by Gasteiger charge is -2.22. The summed E-state index contributed by atoms with van der Waals surface area (Å²) in [5, 5.41) is 3.29. The van der Waals surface area contributed by atoms with Crippen molar-refractivity contribution in [3.05, 3.63) is 70.8 Å². The largest absolute Gasteiger partial charge is 0.320 e. The monoisotopic (exact) mass is 295 g/mol. The second-order valence-electron chi connectivity index (χ2n) is 7.23. The molecule has 0 bridgehead atoms. The molecule has 2 rings (SSSR count). The average Bonchev–Trinajstić information content (AvgIpc) is 2.47. The Morgan fingerprint density at radius 1 is 0.955 bits per heavy atom. The highest BCUT2D eigenvalue weighted by atomic mass is 14.8. The predicted molar refractivity (Wildman–Crippen MR) is 96.7 cm³/mol. The number of hydrogen-bond donors (Lipinski definition) is 1. The minimum atomic E-state index is 0.211. The van der Waals surface area contributed by atoms with E-state index in [9.17, 15) is 0 Å². The summed E-state index contributed by atoms with van der Waals surface area (Å²) in [5.74, 6) is 0.460. The fourth-order valence-corrected chi connectivity index (χ4v) is 2.92. The molecular weight excluding hydrogens is 266 g/mol. The molecule has 0 aliphatic carbocycles. The van der Waals surface area contributed by atoms with E-state index in [4.69, 9.17) is 0 Å². The lowest BCUT2D eigenvalue weighted by atomic mass is 9.83. The highest BCUT2D eigenvalue weighted by Gasteiger charge is 2.17. The zero-order valence-electron chi connectivity index (χ0n) is 14.6. The summed E-state index contributed by atoms with van der Waals surface area (Å²) < 4.78 is 0. The van der Waals surface area contributed by atoms with Gasteiger partial charge in [-0.05, 0) is 49.0 Å². The van der Waals surface area contributed by atoms with Gasteiger partial charge in [0.05, 0.1) is 0 Å². The van der Waals surface area contributed by atoms with Crippen molar-refractivity contribution >= 4 is 0 Å². The maximum Gasteiger partial charge on any atom is 0.0101 e. The van der Waals surface area contributed by atoms with Gasteiger partial charge < -0.3 is 5.32 Å². The molecule has 0 saturated heterocycles. The highest BCUT2D eigenvalue weighted by Crippen LogP contribution is 2.30. The molecule has 1 N–H and O–H groups in total. The zero-order valence-corrected chi connectivity index (χ0v) is 14.6. The Morgan fingerprint density at radius 3 is 2.18 bits per heavy atom. The van der Waals surface area contributed by atoms with Crippen LogP contribution in [0.3, 0.4) is 0 Å². The minimum absolute atomic E-state index is 0.211. The van der Waals surface area contributed by atoms with Crippen molar-refractivity contribution in [2.45, 2.75) is 45.4 Å². The van der Waals surface area contributed by atoms with Crippen molar-refractivity contribution in [1.82, 2.24) is 5.32 Å². The molecule has 1 atom stereocenters. The van der Waals surface area contributed by atoms with Crippen LogP contribution < -0.4 is 5.32 Å². The Labute approximate surface area is 135 Å². The maximum absolute atomic E-state index is 3.29. The van der Waals surface area contributed by atoms with Gasteiger partial charge >= 0.3 is 0 Å². The molecule has 0 fully saturated rings. The van der Waals surface area contributed by atoms with E-state index >= 15 is 0 Å². The van der Waals surface area contributed by atoms with Crippen molar-refractivity contribution in [3.63, 3.8) is 0 Å². The summed E-state index contributed by atoms with van der Waals surface area (Å²) in [6.45, 7) is 9.99. The van der Waals surface area contributed by atoms with Crippen molar-refractivity contribution in [2.24, 2.45) is 0 Å². The summed E-state index contributed by atoms with van der Waals surface area (Å²) in [6.07, 6.45) is 1.12. The lowest BCUT2D eigenvalue weighted by molar-refractivity contribution is 0.589. The van der Waals surface area contributed by atoms with Crippen LogP contribution in [0.15, 0.2) is 48.5 Å². The van der Waals surface area contributed by atoms with E-state index in [0.717, 1.165) is 13.0 Å². The van der Waals surface area contributed by atoms with Gasteiger partial charge in [0, 0.05) is 5.92 Å². The van der Waals surface area contributed by atoms with Crippen LogP contribution in [0.4, 0.5) is 0 Å². The standard InChI is InChI=1S/C21H29N/c1-16-7-6-8-18(15-16)20(13-14-22-5)17-9-11-19(12-10-17)21(2,3)4/h6-12,15,20,22H,13-14H2,1-5H3. The number of hydrogen-bond acceptors (Lipinski definition) is 1. The molecule has 0 amide bonds. The van der Waals surface area contributed by atoms with Crippen LogP contribution in [-0.2, 0) is 5.41 Å². The lowest BCUT2D eigenvalue weighted by Crippen LogP contribution is -2.14. The fraction of sp³-hybridized carbons (Fsp3) is 0.429. The summed E-state index contributed by atoms with van der Waals surface area (Å²) in [6, 6.07) is 18.1. The van der Waals surface area contributed by atoms with Gasteiger partial charge in [-0.15, -0.1) is 0 Å². The molecule has 0 aliphatic rings. The summed E-state index contributed by atoms with van der Waals surface area (Å²) in [7, 11) is 2.02. The maximum atomic E-state index is 3.29. The fourth-order valence-electron chi connectivity index (χ4n) is 2.92. The van der Waals surface area contributed by atoms with Crippen LogP contribution in [0.1, 0.15) is 55.4 Å². The van der Waals surface area contributed by atoms with E-state index in [1.165, 1.54) is 22.3 Å². The first-order chi connectivity index (χ1) is 10.4. The third kappa shape index (κ3) is 4.20. The van der Waals surface area contributed by atoms with Gasteiger partial charge in [0.1, 0.15) is 0 Å². The molecule has 0 spiro atoms. The van der Waals surface area contributed by atoms with E-state index in [1.807, 2.05) is 7.05 Å². The molecule has 2 aromatic carbocycles. The topological polar surface area (TPSA) is 12.0 Å². The molecule has 1 heteroatoms. The van der Waals surface area contributed by atoms with E-state index in [0.29, 0.717) is 5.92 Å². The SMILES string of the molecule is CNCCC(c1ccc(C(C)(C)C)cc1)c1cccc(C)c1. The predicted octanol–water partition coefficient (Wildman–Crippen LogP) is 5.03. The summed E-state index contributed by atoms with van der Waals surface area (Å²) >= 11 is 0. The molecule has 0 saturated carbocycles. The van der Waals surface area contributed by atoms with Gasteiger partial charge in [-0.1, -0.05) is 74.9 Å². The molecule has 22 heavy (non-hydrogen) atoms. The quantitative estimate of drug-likeness (QED) is 0.815. The number of aryl methyl sites for hydroxylation is 1.